The number of ketones is 2. The third-order valence-corrected chi connectivity index (χ3v) is 4.82. The summed E-state index contributed by atoms with van der Waals surface area (Å²) in [6.07, 6.45) is 1.52. The molecule has 3 saturated heterocycles. The summed E-state index contributed by atoms with van der Waals surface area (Å²) in [4.78, 5) is 39.6. The highest BCUT2D eigenvalue weighted by molar-refractivity contribution is 7.87. The summed E-state index contributed by atoms with van der Waals surface area (Å²) in [5.41, 5.74) is -3.88. The first-order chi connectivity index (χ1) is 12.9. The summed E-state index contributed by atoms with van der Waals surface area (Å²) in [5, 5.41) is 7.11. The van der Waals surface area contributed by atoms with E-state index in [9.17, 15) is 31.2 Å². The summed E-state index contributed by atoms with van der Waals surface area (Å²) in [5.74, 6) is 0.0485. The molecule has 3 fully saturated rings. The molecule has 0 aromatic heterocycles. The van der Waals surface area contributed by atoms with Crippen LogP contribution in [0.25, 0.3) is 0 Å². The number of nitrogens with zero attached hydrogens (tertiary/aromatic N) is 4. The third-order valence-electron chi connectivity index (χ3n) is 3.93. The molecule has 4 rings (SSSR count). The van der Waals surface area contributed by atoms with Gasteiger partial charge in [-0.1, -0.05) is 0 Å². The Labute approximate surface area is 155 Å². The van der Waals surface area contributed by atoms with Gasteiger partial charge in [0, 0.05) is 45.3 Å². The zero-order valence-electron chi connectivity index (χ0n) is 14.0. The van der Waals surface area contributed by atoms with Crippen LogP contribution in [0.4, 0.5) is 13.2 Å². The number of carbonyl (C=O) groups excluding carboxylic acids is 2. The Morgan fingerprint density at radius 2 is 1.43 bits per heavy atom. The lowest BCUT2D eigenvalue weighted by molar-refractivity contribution is -0.712. The average Bonchev–Trinajstić information content (AvgIpc) is 3.42. The van der Waals surface area contributed by atoms with Crippen LogP contribution in [-0.2, 0) is 24.0 Å². The molecular weight excluding hydrogens is 413 g/mol. The zero-order valence-corrected chi connectivity index (χ0v) is 14.8. The molecule has 0 unspecified atom stereocenters. The summed E-state index contributed by atoms with van der Waals surface area (Å²) in [6.45, 7) is 5.41. The highest BCUT2D eigenvalue weighted by Gasteiger charge is 2.49. The molecule has 0 bridgehead atoms. The molecule has 154 valence electrons. The normalized spacial score (nSPS) is 21.1. The fraction of sp³-hybridized carbons (Fsp3) is 0.538. The number of hydrogen-bond donors (Lipinski definition) is 0. The molecule has 0 amide bonds. The van der Waals surface area contributed by atoms with Crippen molar-refractivity contribution in [3.8, 4) is 0 Å². The van der Waals surface area contributed by atoms with Gasteiger partial charge in [0.2, 0.25) is 11.6 Å². The number of Topliss-reactive ketones (excluding diaryl/α,β-unsaturated/α-hetero) is 1. The van der Waals surface area contributed by atoms with E-state index >= 15 is 0 Å². The zero-order chi connectivity index (χ0) is 20.9. The van der Waals surface area contributed by atoms with E-state index in [1.54, 1.807) is 0 Å². The lowest BCUT2D eigenvalue weighted by Crippen LogP contribution is -2.29. The second-order valence-electron chi connectivity index (χ2n) is 6.08. The molecule has 28 heavy (non-hydrogen) atoms. The van der Waals surface area contributed by atoms with Crippen molar-refractivity contribution in [2.45, 2.75) is 5.51 Å². The maximum absolute atomic E-state index is 12.4. The van der Waals surface area contributed by atoms with Gasteiger partial charge in [-0.15, -0.1) is 10.1 Å². The number of carbonyl (C=O) groups is 2. The molecule has 0 saturated carbocycles. The van der Waals surface area contributed by atoms with Crippen molar-refractivity contribution in [3.63, 3.8) is 0 Å². The highest BCUT2D eigenvalue weighted by atomic mass is 32.2. The lowest BCUT2D eigenvalue weighted by atomic mass is 10.0. The van der Waals surface area contributed by atoms with Crippen molar-refractivity contribution in [1.29, 1.82) is 0 Å². The van der Waals surface area contributed by atoms with Gasteiger partial charge in [-0.25, -0.2) is 0 Å². The van der Waals surface area contributed by atoms with Crippen LogP contribution in [0.3, 0.4) is 0 Å². The van der Waals surface area contributed by atoms with Crippen molar-refractivity contribution < 1.29 is 40.5 Å². The van der Waals surface area contributed by atoms with Gasteiger partial charge in [-0.2, -0.15) is 25.9 Å². The predicted molar refractivity (Wildman–Crippen MR) is 82.9 cm³/mol. The highest BCUT2D eigenvalue weighted by Crippen LogP contribution is 2.33. The van der Waals surface area contributed by atoms with Crippen LogP contribution < -0.4 is 0 Å². The topological polar surface area (TPSA) is 130 Å². The Hall–Kier alpha value is -2.84. The monoisotopic (exact) mass is 426 g/mol. The maximum atomic E-state index is 12.4. The summed E-state index contributed by atoms with van der Waals surface area (Å²) in [6, 6.07) is 0. The van der Waals surface area contributed by atoms with E-state index in [2.05, 4.69) is 4.28 Å². The van der Waals surface area contributed by atoms with Gasteiger partial charge < -0.3 is 14.7 Å². The standard InChI is InChI=1S/C12H13N3O2.CF3NO5S/c16-9-7-8(13-1-2-13)12(17)11(15-5-6-15)10(9)14-3-4-14;2-1(3,4)11(8,9)10-5(6)7/h7H,1-6H2;. The van der Waals surface area contributed by atoms with Crippen LogP contribution in [-0.4, -0.2) is 84.5 Å². The predicted octanol–water partition coefficient (Wildman–Crippen LogP) is -0.775. The number of rotatable bonds is 5. The first-order valence-corrected chi connectivity index (χ1v) is 9.28. The van der Waals surface area contributed by atoms with E-state index < -0.39 is 20.7 Å². The molecule has 15 heteroatoms. The summed E-state index contributed by atoms with van der Waals surface area (Å²) >= 11 is 0. The molecule has 0 radical (unpaired) electrons. The molecule has 0 atom stereocenters. The minimum Gasteiger partial charge on any atom is -0.365 e. The minimum absolute atomic E-state index is 0.00546. The maximum Gasteiger partial charge on any atom is 0.522 e. The second-order valence-corrected chi connectivity index (χ2v) is 7.60. The molecule has 0 aromatic rings. The van der Waals surface area contributed by atoms with E-state index in [0.717, 1.165) is 39.3 Å². The van der Waals surface area contributed by atoms with Gasteiger partial charge in [0.05, 0.1) is 5.70 Å². The number of alkyl halides is 3. The quantitative estimate of drug-likeness (QED) is 0.182. The molecular formula is C13H13F3N4O7S. The van der Waals surface area contributed by atoms with Crippen molar-refractivity contribution in [1.82, 2.24) is 14.7 Å². The molecule has 4 aliphatic rings. The van der Waals surface area contributed by atoms with E-state index in [-0.39, 0.29) is 11.6 Å². The van der Waals surface area contributed by atoms with E-state index in [1.807, 2.05) is 14.7 Å². The van der Waals surface area contributed by atoms with Crippen molar-refractivity contribution in [2.75, 3.05) is 39.3 Å². The third kappa shape index (κ3) is 4.18. The van der Waals surface area contributed by atoms with Crippen molar-refractivity contribution in [3.05, 3.63) is 33.3 Å². The van der Waals surface area contributed by atoms with Gasteiger partial charge in [0.15, 0.2) is 0 Å². The minimum atomic E-state index is -6.10. The molecule has 1 aliphatic carbocycles. The van der Waals surface area contributed by atoms with Gasteiger partial charge >= 0.3 is 20.7 Å². The fourth-order valence-corrected chi connectivity index (χ4v) is 2.64. The second kappa shape index (κ2) is 6.65. The fourth-order valence-electron chi connectivity index (χ4n) is 2.40. The smallest absolute Gasteiger partial charge is 0.365 e. The van der Waals surface area contributed by atoms with Gasteiger partial charge in [0.25, 0.3) is 0 Å². The first-order valence-electron chi connectivity index (χ1n) is 7.87. The van der Waals surface area contributed by atoms with Crippen molar-refractivity contribution in [2.24, 2.45) is 0 Å². The molecule has 3 aliphatic heterocycles. The lowest BCUT2D eigenvalue weighted by Gasteiger charge is -2.21. The Bertz CT molecular complexity index is 900. The summed E-state index contributed by atoms with van der Waals surface area (Å²) in [7, 11) is -6.10. The number of allylic oxidation sites excluding steroid dienone is 1. The average molecular weight is 426 g/mol. The molecule has 3 heterocycles. The number of hydrogen-bond acceptors (Lipinski definition) is 10. The van der Waals surface area contributed by atoms with Crippen LogP contribution >= 0.6 is 0 Å². The van der Waals surface area contributed by atoms with Crippen LogP contribution in [0.1, 0.15) is 0 Å². The SMILES string of the molecule is O=C1C=C(N2CC2)C(=O)C(N2CC2)=C1N1CC1.O=[N+]([O-])OS(=O)(=O)C(F)(F)F. The van der Waals surface area contributed by atoms with Crippen LogP contribution in [0, 0.1) is 10.1 Å². The van der Waals surface area contributed by atoms with E-state index in [1.165, 1.54) is 6.08 Å². The Kier molecular flexibility index (Phi) is 4.73. The molecule has 0 spiro atoms. The van der Waals surface area contributed by atoms with Crippen LogP contribution in [0.15, 0.2) is 23.2 Å². The first kappa shape index (κ1) is 19.9. The van der Waals surface area contributed by atoms with Gasteiger partial charge in [-0.3, -0.25) is 9.59 Å². The molecule has 0 N–H and O–H groups in total. The van der Waals surface area contributed by atoms with E-state index in [4.69, 9.17) is 10.1 Å². The molecule has 11 nitrogen and oxygen atoms in total. The van der Waals surface area contributed by atoms with Crippen LogP contribution in [0.5, 0.6) is 0 Å². The van der Waals surface area contributed by atoms with Gasteiger partial charge in [-0.05, 0) is 0 Å². The molecule has 0 aromatic carbocycles. The Morgan fingerprint density at radius 1 is 0.964 bits per heavy atom. The number of halogens is 3. The largest absolute Gasteiger partial charge is 0.522 e. The van der Waals surface area contributed by atoms with Crippen LogP contribution in [0.2, 0.25) is 0 Å². The summed E-state index contributed by atoms with van der Waals surface area (Å²) < 4.78 is 55.2. The van der Waals surface area contributed by atoms with Gasteiger partial charge in [0.1, 0.15) is 11.4 Å². The van der Waals surface area contributed by atoms with Crippen molar-refractivity contribution >= 4 is 21.7 Å². The Morgan fingerprint density at radius 3 is 1.79 bits per heavy atom. The Balaban J connectivity index is 0.000000180. The van der Waals surface area contributed by atoms with E-state index in [0.29, 0.717) is 17.1 Å².